The molecule has 144 valence electrons. The minimum Gasteiger partial charge on any atom is -0.497 e. The molecule has 28 heavy (non-hydrogen) atoms. The van der Waals surface area contributed by atoms with Crippen LogP contribution in [0.1, 0.15) is 21.5 Å². The molecule has 1 amide bonds. The molecule has 5 heteroatoms. The fourth-order valence-electron chi connectivity index (χ4n) is 2.80. The summed E-state index contributed by atoms with van der Waals surface area (Å²) >= 11 is 0. The van der Waals surface area contributed by atoms with Crippen LogP contribution in [0, 0.1) is 0 Å². The number of amides is 1. The number of hydrogen-bond acceptors (Lipinski definition) is 4. The van der Waals surface area contributed by atoms with Crippen LogP contribution in [0.4, 0.5) is 0 Å². The lowest BCUT2D eigenvalue weighted by atomic mass is 10.1. The molecule has 0 heterocycles. The van der Waals surface area contributed by atoms with Crippen LogP contribution < -0.4 is 19.5 Å². The number of hydrogen-bond donors (Lipinski definition) is 1. The third-order valence-electron chi connectivity index (χ3n) is 4.30. The van der Waals surface area contributed by atoms with E-state index in [9.17, 15) is 4.79 Å². The van der Waals surface area contributed by atoms with Gasteiger partial charge < -0.3 is 19.5 Å². The second kappa shape index (κ2) is 9.46. The van der Waals surface area contributed by atoms with Crippen molar-refractivity contribution in [2.75, 3.05) is 14.2 Å². The zero-order valence-corrected chi connectivity index (χ0v) is 16.0. The molecule has 3 rings (SSSR count). The molecule has 3 aromatic rings. The van der Waals surface area contributed by atoms with Gasteiger partial charge in [0, 0.05) is 12.1 Å². The Hall–Kier alpha value is -3.47. The third kappa shape index (κ3) is 4.82. The van der Waals surface area contributed by atoms with Crippen LogP contribution in [-0.2, 0) is 13.2 Å². The highest BCUT2D eigenvalue weighted by molar-refractivity contribution is 5.96. The largest absolute Gasteiger partial charge is 0.497 e. The maximum absolute atomic E-state index is 12.6. The van der Waals surface area contributed by atoms with Crippen LogP contribution in [-0.4, -0.2) is 20.1 Å². The zero-order chi connectivity index (χ0) is 19.8. The molecule has 0 unspecified atom stereocenters. The molecular formula is C23H23NO4. The summed E-state index contributed by atoms with van der Waals surface area (Å²) in [7, 11) is 3.22. The van der Waals surface area contributed by atoms with E-state index in [1.165, 1.54) is 0 Å². The van der Waals surface area contributed by atoms with Crippen LogP contribution in [0.25, 0.3) is 0 Å². The fourth-order valence-corrected chi connectivity index (χ4v) is 2.80. The smallest absolute Gasteiger partial charge is 0.255 e. The van der Waals surface area contributed by atoms with Gasteiger partial charge in [0.2, 0.25) is 0 Å². The number of rotatable bonds is 8. The first-order valence-electron chi connectivity index (χ1n) is 8.96. The number of nitrogens with one attached hydrogen (secondary N) is 1. The van der Waals surface area contributed by atoms with E-state index in [4.69, 9.17) is 14.2 Å². The van der Waals surface area contributed by atoms with E-state index in [1.54, 1.807) is 26.4 Å². The van der Waals surface area contributed by atoms with Crippen molar-refractivity contribution in [2.45, 2.75) is 13.2 Å². The van der Waals surface area contributed by atoms with Gasteiger partial charge in [0.25, 0.3) is 5.91 Å². The topological polar surface area (TPSA) is 56.8 Å². The lowest BCUT2D eigenvalue weighted by Crippen LogP contribution is -2.23. The highest BCUT2D eigenvalue weighted by atomic mass is 16.5. The van der Waals surface area contributed by atoms with Crippen LogP contribution >= 0.6 is 0 Å². The standard InChI is InChI=1S/C23H23NO4/c1-26-19-12-13-21(27-2)18(14-19)16-28-22-11-7-6-10-20(22)23(25)24-15-17-8-4-3-5-9-17/h3-14H,15-16H2,1-2H3,(H,24,25). The van der Waals surface area contributed by atoms with Crippen LogP contribution in [0.2, 0.25) is 0 Å². The summed E-state index contributed by atoms with van der Waals surface area (Å²) < 4.78 is 16.6. The monoisotopic (exact) mass is 377 g/mol. The Morgan fingerprint density at radius 1 is 0.857 bits per heavy atom. The van der Waals surface area contributed by atoms with Crippen molar-refractivity contribution in [1.29, 1.82) is 0 Å². The van der Waals surface area contributed by atoms with Crippen molar-refractivity contribution < 1.29 is 19.0 Å². The summed E-state index contributed by atoms with van der Waals surface area (Å²) in [4.78, 5) is 12.6. The Morgan fingerprint density at radius 3 is 2.36 bits per heavy atom. The highest BCUT2D eigenvalue weighted by Crippen LogP contribution is 2.26. The van der Waals surface area contributed by atoms with E-state index in [1.807, 2.05) is 60.7 Å². The molecular weight excluding hydrogens is 354 g/mol. The Bertz CT molecular complexity index is 925. The quantitative estimate of drug-likeness (QED) is 0.639. The summed E-state index contributed by atoms with van der Waals surface area (Å²) in [5, 5.41) is 2.93. The number of benzene rings is 3. The van der Waals surface area contributed by atoms with Gasteiger partial charge in [-0.3, -0.25) is 4.79 Å². The molecule has 0 aliphatic heterocycles. The summed E-state index contributed by atoms with van der Waals surface area (Å²) in [5.74, 6) is 1.75. The maximum atomic E-state index is 12.6. The second-order valence-corrected chi connectivity index (χ2v) is 6.13. The lowest BCUT2D eigenvalue weighted by Gasteiger charge is -2.14. The van der Waals surface area contributed by atoms with Gasteiger partial charge in [0.1, 0.15) is 23.9 Å². The average Bonchev–Trinajstić information content (AvgIpc) is 2.76. The molecule has 0 aliphatic rings. The van der Waals surface area contributed by atoms with Crippen molar-refractivity contribution in [3.8, 4) is 17.2 Å². The molecule has 0 aliphatic carbocycles. The van der Waals surface area contributed by atoms with E-state index >= 15 is 0 Å². The fraction of sp³-hybridized carbons (Fsp3) is 0.174. The van der Waals surface area contributed by atoms with E-state index in [-0.39, 0.29) is 12.5 Å². The van der Waals surface area contributed by atoms with E-state index in [0.29, 0.717) is 29.4 Å². The second-order valence-electron chi connectivity index (χ2n) is 6.13. The number of ether oxygens (including phenoxy) is 3. The number of methoxy groups -OCH3 is 2. The Kier molecular flexibility index (Phi) is 6.52. The van der Waals surface area contributed by atoms with Gasteiger partial charge in [0.05, 0.1) is 19.8 Å². The molecule has 0 atom stereocenters. The molecule has 1 N–H and O–H groups in total. The molecule has 0 radical (unpaired) electrons. The molecule has 0 spiro atoms. The van der Waals surface area contributed by atoms with Crippen LogP contribution in [0.3, 0.4) is 0 Å². The van der Waals surface area contributed by atoms with Gasteiger partial charge in [-0.1, -0.05) is 42.5 Å². The van der Waals surface area contributed by atoms with Crippen molar-refractivity contribution >= 4 is 5.91 Å². The SMILES string of the molecule is COc1ccc(OC)c(COc2ccccc2C(=O)NCc2ccccc2)c1. The van der Waals surface area contributed by atoms with Crippen molar-refractivity contribution in [3.05, 3.63) is 89.5 Å². The average molecular weight is 377 g/mol. The van der Waals surface area contributed by atoms with Gasteiger partial charge in [-0.15, -0.1) is 0 Å². The summed E-state index contributed by atoms with van der Waals surface area (Å²) in [6.07, 6.45) is 0. The van der Waals surface area contributed by atoms with Gasteiger partial charge in [-0.2, -0.15) is 0 Å². The van der Waals surface area contributed by atoms with Crippen molar-refractivity contribution in [2.24, 2.45) is 0 Å². The van der Waals surface area contributed by atoms with E-state index in [2.05, 4.69) is 5.32 Å². The summed E-state index contributed by atoms with van der Waals surface area (Å²) in [5.41, 5.74) is 2.36. The number of para-hydroxylation sites is 1. The summed E-state index contributed by atoms with van der Waals surface area (Å²) in [6, 6.07) is 22.5. The first kappa shape index (κ1) is 19.3. The van der Waals surface area contributed by atoms with Crippen LogP contribution in [0.5, 0.6) is 17.2 Å². The van der Waals surface area contributed by atoms with Crippen molar-refractivity contribution in [1.82, 2.24) is 5.32 Å². The summed E-state index contributed by atoms with van der Waals surface area (Å²) in [6.45, 7) is 0.709. The Morgan fingerprint density at radius 2 is 1.61 bits per heavy atom. The minimum atomic E-state index is -0.183. The Balaban J connectivity index is 1.71. The molecule has 0 bridgehead atoms. The van der Waals surface area contributed by atoms with E-state index < -0.39 is 0 Å². The first-order chi connectivity index (χ1) is 13.7. The predicted octanol–water partition coefficient (Wildman–Crippen LogP) is 4.21. The normalized spacial score (nSPS) is 10.2. The zero-order valence-electron chi connectivity index (χ0n) is 16.0. The molecule has 5 nitrogen and oxygen atoms in total. The number of carbonyl (C=O) groups is 1. The van der Waals surface area contributed by atoms with Gasteiger partial charge >= 0.3 is 0 Å². The highest BCUT2D eigenvalue weighted by Gasteiger charge is 2.13. The lowest BCUT2D eigenvalue weighted by molar-refractivity contribution is 0.0946. The minimum absolute atomic E-state index is 0.183. The van der Waals surface area contributed by atoms with Crippen LogP contribution in [0.15, 0.2) is 72.8 Å². The van der Waals surface area contributed by atoms with Crippen molar-refractivity contribution in [3.63, 3.8) is 0 Å². The van der Waals surface area contributed by atoms with E-state index in [0.717, 1.165) is 11.1 Å². The van der Waals surface area contributed by atoms with Gasteiger partial charge in [-0.25, -0.2) is 0 Å². The van der Waals surface area contributed by atoms with Gasteiger partial charge in [-0.05, 0) is 35.9 Å². The Labute approximate surface area is 164 Å². The number of carbonyl (C=O) groups excluding carboxylic acids is 1. The predicted molar refractivity (Wildman–Crippen MR) is 108 cm³/mol. The molecule has 0 saturated carbocycles. The van der Waals surface area contributed by atoms with Gasteiger partial charge in [0.15, 0.2) is 0 Å². The molecule has 3 aromatic carbocycles. The first-order valence-corrected chi connectivity index (χ1v) is 8.96. The molecule has 0 aromatic heterocycles. The maximum Gasteiger partial charge on any atom is 0.255 e. The molecule has 0 saturated heterocycles. The third-order valence-corrected chi connectivity index (χ3v) is 4.30. The molecule has 0 fully saturated rings.